The van der Waals surface area contributed by atoms with E-state index in [-0.39, 0.29) is 24.3 Å². The second kappa shape index (κ2) is 5.41. The molecule has 3 N–H and O–H groups in total. The molecule has 88 valence electrons. The maximum absolute atomic E-state index is 10.5. The zero-order valence-corrected chi connectivity index (χ0v) is 9.21. The number of hydrogen-bond acceptors (Lipinski definition) is 5. The van der Waals surface area contributed by atoms with Gasteiger partial charge in [0, 0.05) is 0 Å². The number of aromatic nitrogens is 2. The monoisotopic (exact) mass is 225 g/mol. The topological polar surface area (TPSA) is 95.3 Å². The molecule has 0 aliphatic carbocycles. The van der Waals surface area contributed by atoms with Gasteiger partial charge in [0.2, 0.25) is 0 Å². The molecule has 1 rings (SSSR count). The van der Waals surface area contributed by atoms with Crippen LogP contribution in [0.2, 0.25) is 0 Å². The van der Waals surface area contributed by atoms with Crippen molar-refractivity contribution in [1.82, 2.24) is 9.97 Å². The highest BCUT2D eigenvalue weighted by Crippen LogP contribution is 2.09. The Morgan fingerprint density at radius 1 is 1.44 bits per heavy atom. The average Bonchev–Trinajstić information content (AvgIpc) is 2.26. The van der Waals surface area contributed by atoms with E-state index in [1.54, 1.807) is 0 Å². The van der Waals surface area contributed by atoms with Gasteiger partial charge in [0.25, 0.3) is 0 Å². The first-order valence-corrected chi connectivity index (χ1v) is 4.97. The molecule has 6 nitrogen and oxygen atoms in total. The Bertz CT molecular complexity index is 351. The van der Waals surface area contributed by atoms with E-state index >= 15 is 0 Å². The fourth-order valence-corrected chi connectivity index (χ4v) is 1.13. The molecule has 0 fully saturated rings. The highest BCUT2D eigenvalue weighted by Gasteiger charge is 2.13. The van der Waals surface area contributed by atoms with Crippen LogP contribution in [0.4, 0.5) is 5.82 Å². The molecule has 0 spiro atoms. The molecule has 0 aromatic carbocycles. The van der Waals surface area contributed by atoms with E-state index in [1.807, 2.05) is 13.8 Å². The minimum atomic E-state index is -1.11. The summed E-state index contributed by atoms with van der Waals surface area (Å²) >= 11 is 0. The lowest BCUT2D eigenvalue weighted by molar-refractivity contribution is 0.0690. The van der Waals surface area contributed by atoms with Crippen molar-refractivity contribution in [1.29, 1.82) is 0 Å². The number of carboxylic acids is 1. The van der Waals surface area contributed by atoms with Gasteiger partial charge in [0.1, 0.15) is 5.82 Å². The maximum Gasteiger partial charge on any atom is 0.356 e. The van der Waals surface area contributed by atoms with Crippen LogP contribution in [0, 0.1) is 5.92 Å². The standard InChI is InChI=1S/C10H15N3O3/c1-6(2)8(5-14)13-9-4-11-7(3-12-9)10(15)16/h3-4,6,8,14H,5H2,1-2H3,(H,12,13)(H,15,16)/t8-/m1/s1. The van der Waals surface area contributed by atoms with Gasteiger partial charge in [-0.25, -0.2) is 14.8 Å². The molecule has 16 heavy (non-hydrogen) atoms. The number of carbonyl (C=O) groups is 1. The normalized spacial score (nSPS) is 12.5. The van der Waals surface area contributed by atoms with Crippen LogP contribution in [0.25, 0.3) is 0 Å². The highest BCUT2D eigenvalue weighted by molar-refractivity contribution is 5.84. The summed E-state index contributed by atoms with van der Waals surface area (Å²) in [5.41, 5.74) is -0.101. The molecule has 0 radical (unpaired) electrons. The summed E-state index contributed by atoms with van der Waals surface area (Å²) in [7, 11) is 0. The molecule has 0 amide bonds. The van der Waals surface area contributed by atoms with E-state index in [0.29, 0.717) is 5.82 Å². The summed E-state index contributed by atoms with van der Waals surface area (Å²) < 4.78 is 0. The number of aliphatic hydroxyl groups is 1. The molecule has 0 saturated carbocycles. The van der Waals surface area contributed by atoms with Gasteiger partial charge in [0.15, 0.2) is 5.69 Å². The van der Waals surface area contributed by atoms with Gasteiger partial charge in [-0.2, -0.15) is 0 Å². The van der Waals surface area contributed by atoms with E-state index in [4.69, 9.17) is 10.2 Å². The van der Waals surface area contributed by atoms with Crippen molar-refractivity contribution in [2.75, 3.05) is 11.9 Å². The Kier molecular flexibility index (Phi) is 4.19. The Balaban J connectivity index is 2.71. The Morgan fingerprint density at radius 3 is 2.50 bits per heavy atom. The van der Waals surface area contributed by atoms with Gasteiger partial charge in [0.05, 0.1) is 25.0 Å². The summed E-state index contributed by atoms with van der Waals surface area (Å²) in [6, 6.07) is -0.120. The number of nitrogens with one attached hydrogen (secondary N) is 1. The third kappa shape index (κ3) is 3.16. The molecule has 0 unspecified atom stereocenters. The molecule has 1 heterocycles. The van der Waals surface area contributed by atoms with Crippen LogP contribution in [0.3, 0.4) is 0 Å². The Labute approximate surface area is 93.4 Å². The summed E-state index contributed by atoms with van der Waals surface area (Å²) in [6.07, 6.45) is 2.52. The first kappa shape index (κ1) is 12.4. The summed E-state index contributed by atoms with van der Waals surface area (Å²) in [5.74, 6) is -0.412. The highest BCUT2D eigenvalue weighted by atomic mass is 16.4. The van der Waals surface area contributed by atoms with Crippen molar-refractivity contribution in [3.05, 3.63) is 18.1 Å². The first-order chi connectivity index (χ1) is 7.54. The van der Waals surface area contributed by atoms with Crippen LogP contribution in [0.1, 0.15) is 24.3 Å². The third-order valence-electron chi connectivity index (χ3n) is 2.21. The molecule has 0 aliphatic rings. The van der Waals surface area contributed by atoms with Crippen molar-refractivity contribution >= 4 is 11.8 Å². The van der Waals surface area contributed by atoms with Crippen LogP contribution < -0.4 is 5.32 Å². The zero-order chi connectivity index (χ0) is 12.1. The van der Waals surface area contributed by atoms with Crippen LogP contribution in [0.15, 0.2) is 12.4 Å². The molecule has 0 saturated heterocycles. The maximum atomic E-state index is 10.5. The second-order valence-corrected chi connectivity index (χ2v) is 3.77. The van der Waals surface area contributed by atoms with Crippen LogP contribution in [0.5, 0.6) is 0 Å². The van der Waals surface area contributed by atoms with Gasteiger partial charge >= 0.3 is 5.97 Å². The van der Waals surface area contributed by atoms with Gasteiger partial charge in [-0.3, -0.25) is 0 Å². The number of aliphatic hydroxyl groups excluding tert-OH is 1. The Hall–Kier alpha value is -1.69. The number of nitrogens with zero attached hydrogens (tertiary/aromatic N) is 2. The predicted octanol–water partition coefficient (Wildman–Crippen LogP) is 0.604. The lowest BCUT2D eigenvalue weighted by Crippen LogP contribution is -2.29. The number of carboxylic acid groups (broad SMARTS) is 1. The summed E-state index contributed by atoms with van der Waals surface area (Å²) in [4.78, 5) is 18.2. The van der Waals surface area contributed by atoms with E-state index in [2.05, 4.69) is 15.3 Å². The minimum absolute atomic E-state index is 0.0139. The van der Waals surface area contributed by atoms with E-state index < -0.39 is 5.97 Å². The lowest BCUT2D eigenvalue weighted by Gasteiger charge is -2.20. The molecule has 0 aliphatic heterocycles. The third-order valence-corrected chi connectivity index (χ3v) is 2.21. The van der Waals surface area contributed by atoms with E-state index in [0.717, 1.165) is 0 Å². The summed E-state index contributed by atoms with van der Waals surface area (Å²) in [6.45, 7) is 3.92. The van der Waals surface area contributed by atoms with Gasteiger partial charge in [-0.15, -0.1) is 0 Å². The summed E-state index contributed by atoms with van der Waals surface area (Å²) in [5, 5.41) is 20.7. The van der Waals surface area contributed by atoms with Gasteiger partial charge in [-0.1, -0.05) is 13.8 Å². The van der Waals surface area contributed by atoms with Crippen LogP contribution in [-0.2, 0) is 0 Å². The molecule has 1 aromatic rings. The molecule has 1 atom stereocenters. The van der Waals surface area contributed by atoms with Crippen molar-refractivity contribution in [2.24, 2.45) is 5.92 Å². The molecular formula is C10H15N3O3. The number of rotatable bonds is 5. The second-order valence-electron chi connectivity index (χ2n) is 3.77. The average molecular weight is 225 g/mol. The van der Waals surface area contributed by atoms with Crippen molar-refractivity contribution in [2.45, 2.75) is 19.9 Å². The minimum Gasteiger partial charge on any atom is -0.476 e. The van der Waals surface area contributed by atoms with Gasteiger partial charge in [-0.05, 0) is 5.92 Å². The number of aromatic carboxylic acids is 1. The van der Waals surface area contributed by atoms with E-state index in [1.165, 1.54) is 12.4 Å². The molecular weight excluding hydrogens is 210 g/mol. The first-order valence-electron chi connectivity index (χ1n) is 4.97. The largest absolute Gasteiger partial charge is 0.476 e. The molecule has 0 bridgehead atoms. The fraction of sp³-hybridized carbons (Fsp3) is 0.500. The van der Waals surface area contributed by atoms with E-state index in [9.17, 15) is 4.79 Å². The number of hydrogen-bond donors (Lipinski definition) is 3. The van der Waals surface area contributed by atoms with Crippen molar-refractivity contribution < 1.29 is 15.0 Å². The fourth-order valence-electron chi connectivity index (χ4n) is 1.13. The zero-order valence-electron chi connectivity index (χ0n) is 9.21. The van der Waals surface area contributed by atoms with Crippen molar-refractivity contribution in [3.8, 4) is 0 Å². The molecule has 1 aromatic heterocycles. The van der Waals surface area contributed by atoms with Crippen molar-refractivity contribution in [3.63, 3.8) is 0 Å². The quantitative estimate of drug-likeness (QED) is 0.679. The molecule has 6 heteroatoms. The van der Waals surface area contributed by atoms with Gasteiger partial charge < -0.3 is 15.5 Å². The smallest absolute Gasteiger partial charge is 0.356 e. The number of anilines is 1. The van der Waals surface area contributed by atoms with Crippen LogP contribution >= 0.6 is 0 Å². The Morgan fingerprint density at radius 2 is 2.12 bits per heavy atom. The SMILES string of the molecule is CC(C)[C@@H](CO)Nc1cnc(C(=O)O)cn1. The van der Waals surface area contributed by atoms with Crippen LogP contribution in [-0.4, -0.2) is 38.8 Å². The lowest BCUT2D eigenvalue weighted by atomic mass is 10.1. The predicted molar refractivity (Wildman–Crippen MR) is 58.3 cm³/mol.